The van der Waals surface area contributed by atoms with Crippen molar-refractivity contribution in [3.05, 3.63) is 84.0 Å². The number of benzene rings is 2. The third kappa shape index (κ3) is 4.22. The fraction of sp³-hybridized carbons (Fsp3) is 0.217. The maximum absolute atomic E-state index is 12.8. The molecule has 1 aliphatic heterocycles. The van der Waals surface area contributed by atoms with E-state index in [-0.39, 0.29) is 24.5 Å². The molecule has 3 rings (SSSR count). The lowest BCUT2D eigenvalue weighted by atomic mass is 9.95. The van der Waals surface area contributed by atoms with Crippen LogP contribution in [0.5, 0.6) is 5.75 Å². The molecule has 0 saturated carbocycles. The molecule has 0 spiro atoms. The van der Waals surface area contributed by atoms with Crippen molar-refractivity contribution in [1.82, 2.24) is 4.90 Å². The average Bonchev–Trinajstić information content (AvgIpc) is 3.01. The Morgan fingerprint density at radius 1 is 1.14 bits per heavy atom. The number of rotatable bonds is 8. The third-order valence-electron chi connectivity index (χ3n) is 4.69. The largest absolute Gasteiger partial charge is 0.507 e. The molecule has 0 bridgehead atoms. The lowest BCUT2D eigenvalue weighted by Gasteiger charge is -2.25. The zero-order valence-electron chi connectivity index (χ0n) is 16.2. The number of ketones is 1. The Balaban J connectivity index is 2.06. The number of hydrogen-bond acceptors (Lipinski definition) is 5. The van der Waals surface area contributed by atoms with E-state index in [4.69, 9.17) is 9.47 Å². The zero-order valence-corrected chi connectivity index (χ0v) is 16.2. The number of ether oxygens (including phenoxy) is 2. The summed E-state index contributed by atoms with van der Waals surface area (Å²) in [7, 11) is 1.53. The van der Waals surface area contributed by atoms with E-state index < -0.39 is 17.7 Å². The highest BCUT2D eigenvalue weighted by Gasteiger charge is 2.45. The SMILES string of the molecule is C=CCOc1ccc([C@@H]2/C(=C(\O)c3ccccc3)C(=O)C(=O)N2CCOC)cc1. The lowest BCUT2D eigenvalue weighted by molar-refractivity contribution is -0.140. The summed E-state index contributed by atoms with van der Waals surface area (Å²) < 4.78 is 10.6. The van der Waals surface area contributed by atoms with Crippen molar-refractivity contribution in [2.24, 2.45) is 0 Å². The molecular formula is C23H23NO5. The van der Waals surface area contributed by atoms with E-state index in [1.807, 2.05) is 6.07 Å². The molecule has 2 aromatic carbocycles. The second-order valence-electron chi connectivity index (χ2n) is 6.52. The van der Waals surface area contributed by atoms with Gasteiger partial charge in [-0.2, -0.15) is 0 Å². The first-order chi connectivity index (χ1) is 14.1. The summed E-state index contributed by atoms with van der Waals surface area (Å²) in [5, 5.41) is 10.9. The van der Waals surface area contributed by atoms with Crippen molar-refractivity contribution in [2.45, 2.75) is 6.04 Å². The summed E-state index contributed by atoms with van der Waals surface area (Å²) in [6, 6.07) is 15.1. The number of nitrogens with zero attached hydrogens (tertiary/aromatic N) is 1. The van der Waals surface area contributed by atoms with E-state index in [1.54, 1.807) is 54.6 Å². The van der Waals surface area contributed by atoms with Crippen LogP contribution in [0.3, 0.4) is 0 Å². The number of carbonyl (C=O) groups is 2. The smallest absolute Gasteiger partial charge is 0.295 e. The van der Waals surface area contributed by atoms with Crippen LogP contribution in [0.15, 0.2) is 72.8 Å². The van der Waals surface area contributed by atoms with Crippen LogP contribution in [-0.4, -0.2) is 48.6 Å². The van der Waals surface area contributed by atoms with Crippen LogP contribution >= 0.6 is 0 Å². The van der Waals surface area contributed by atoms with Crippen molar-refractivity contribution in [2.75, 3.05) is 26.9 Å². The van der Waals surface area contributed by atoms with E-state index in [1.165, 1.54) is 12.0 Å². The van der Waals surface area contributed by atoms with E-state index in [0.717, 1.165) is 0 Å². The topological polar surface area (TPSA) is 76.1 Å². The van der Waals surface area contributed by atoms with Gasteiger partial charge in [0.05, 0.1) is 18.2 Å². The molecule has 0 aliphatic carbocycles. The molecule has 1 aliphatic rings. The Hall–Kier alpha value is -3.38. The molecule has 1 amide bonds. The van der Waals surface area contributed by atoms with Gasteiger partial charge in [0.2, 0.25) is 0 Å². The first-order valence-electron chi connectivity index (χ1n) is 9.25. The molecular weight excluding hydrogens is 370 g/mol. The Labute approximate surface area is 169 Å². The number of carbonyl (C=O) groups excluding carboxylic acids is 2. The molecule has 150 valence electrons. The van der Waals surface area contributed by atoms with Gasteiger partial charge in [-0.1, -0.05) is 55.1 Å². The first kappa shape index (κ1) is 20.4. The van der Waals surface area contributed by atoms with Crippen molar-refractivity contribution in [1.29, 1.82) is 0 Å². The predicted octanol–water partition coefficient (Wildman–Crippen LogP) is 3.32. The van der Waals surface area contributed by atoms with Crippen molar-refractivity contribution >= 4 is 17.4 Å². The Kier molecular flexibility index (Phi) is 6.46. The summed E-state index contributed by atoms with van der Waals surface area (Å²) in [6.45, 7) is 4.49. The molecule has 6 nitrogen and oxygen atoms in total. The van der Waals surface area contributed by atoms with Gasteiger partial charge in [0.1, 0.15) is 18.1 Å². The van der Waals surface area contributed by atoms with Crippen LogP contribution in [0.1, 0.15) is 17.2 Å². The summed E-state index contributed by atoms with van der Waals surface area (Å²) in [5.74, 6) is -0.914. The summed E-state index contributed by atoms with van der Waals surface area (Å²) in [5.41, 5.74) is 1.24. The molecule has 1 atom stereocenters. The second kappa shape index (κ2) is 9.21. The molecule has 29 heavy (non-hydrogen) atoms. The van der Waals surface area contributed by atoms with Crippen molar-refractivity contribution in [3.63, 3.8) is 0 Å². The molecule has 1 heterocycles. The zero-order chi connectivity index (χ0) is 20.8. The van der Waals surface area contributed by atoms with Crippen LogP contribution in [-0.2, 0) is 14.3 Å². The van der Waals surface area contributed by atoms with Crippen molar-refractivity contribution < 1.29 is 24.2 Å². The van der Waals surface area contributed by atoms with Crippen molar-refractivity contribution in [3.8, 4) is 5.75 Å². The normalized spacial score (nSPS) is 18.1. The minimum Gasteiger partial charge on any atom is -0.507 e. The number of aliphatic hydroxyl groups is 1. The quantitative estimate of drug-likeness (QED) is 0.322. The van der Waals surface area contributed by atoms with E-state index in [9.17, 15) is 14.7 Å². The molecule has 1 fully saturated rings. The molecule has 0 radical (unpaired) electrons. The van der Waals surface area contributed by atoms with Gasteiger partial charge >= 0.3 is 0 Å². The van der Waals surface area contributed by atoms with Gasteiger partial charge < -0.3 is 19.5 Å². The highest BCUT2D eigenvalue weighted by atomic mass is 16.5. The van der Waals surface area contributed by atoms with E-state index in [2.05, 4.69) is 6.58 Å². The van der Waals surface area contributed by atoms with Crippen LogP contribution in [0.25, 0.3) is 5.76 Å². The standard InChI is InChI=1S/C23H23NO5/c1-3-14-29-18-11-9-16(10-12-18)20-19(21(25)17-7-5-4-6-8-17)22(26)23(27)24(20)13-15-28-2/h3-12,20,25H,1,13-15H2,2H3/b21-19+/t20-/m1/s1. The molecule has 6 heteroatoms. The highest BCUT2D eigenvalue weighted by molar-refractivity contribution is 6.46. The van der Waals surface area contributed by atoms with E-state index in [0.29, 0.717) is 23.5 Å². The number of hydrogen-bond donors (Lipinski definition) is 1. The highest BCUT2D eigenvalue weighted by Crippen LogP contribution is 2.39. The minimum atomic E-state index is -0.709. The van der Waals surface area contributed by atoms with Gasteiger partial charge in [-0.25, -0.2) is 0 Å². The summed E-state index contributed by atoms with van der Waals surface area (Å²) in [4.78, 5) is 26.9. The van der Waals surface area contributed by atoms with Crippen LogP contribution in [0.4, 0.5) is 0 Å². The van der Waals surface area contributed by atoms with Crippen LogP contribution < -0.4 is 4.74 Å². The molecule has 0 aromatic heterocycles. The third-order valence-corrected chi connectivity index (χ3v) is 4.69. The van der Waals surface area contributed by atoms with Gasteiger partial charge in [0.25, 0.3) is 11.7 Å². The van der Waals surface area contributed by atoms with Gasteiger partial charge in [-0.05, 0) is 17.7 Å². The molecule has 1 saturated heterocycles. The fourth-order valence-corrected chi connectivity index (χ4v) is 3.30. The lowest BCUT2D eigenvalue weighted by Crippen LogP contribution is -2.32. The Bertz CT molecular complexity index is 918. The number of likely N-dealkylation sites (tertiary alicyclic amines) is 1. The minimum absolute atomic E-state index is 0.0667. The number of methoxy groups -OCH3 is 1. The summed E-state index contributed by atoms with van der Waals surface area (Å²) >= 11 is 0. The number of aliphatic hydroxyl groups excluding tert-OH is 1. The van der Waals surface area contributed by atoms with Gasteiger partial charge in [0, 0.05) is 19.2 Å². The summed E-state index contributed by atoms with van der Waals surface area (Å²) in [6.07, 6.45) is 1.65. The Morgan fingerprint density at radius 2 is 1.83 bits per heavy atom. The van der Waals surface area contributed by atoms with E-state index >= 15 is 0 Å². The van der Waals surface area contributed by atoms with Crippen LogP contribution in [0.2, 0.25) is 0 Å². The van der Waals surface area contributed by atoms with Gasteiger partial charge in [0.15, 0.2) is 0 Å². The second-order valence-corrected chi connectivity index (χ2v) is 6.52. The molecule has 1 N–H and O–H groups in total. The first-order valence-corrected chi connectivity index (χ1v) is 9.25. The predicted molar refractivity (Wildman–Crippen MR) is 109 cm³/mol. The van der Waals surface area contributed by atoms with Gasteiger partial charge in [-0.3, -0.25) is 9.59 Å². The monoisotopic (exact) mass is 393 g/mol. The number of Topliss-reactive ketones (excluding diaryl/α,β-unsaturated/α-hetero) is 1. The average molecular weight is 393 g/mol. The molecule has 2 aromatic rings. The molecule has 0 unspecified atom stereocenters. The maximum atomic E-state index is 12.8. The number of amides is 1. The Morgan fingerprint density at radius 3 is 2.45 bits per heavy atom. The van der Waals surface area contributed by atoms with Crippen LogP contribution in [0, 0.1) is 0 Å². The fourth-order valence-electron chi connectivity index (χ4n) is 3.30. The maximum Gasteiger partial charge on any atom is 0.295 e. The van der Waals surface area contributed by atoms with Gasteiger partial charge in [-0.15, -0.1) is 0 Å².